The van der Waals surface area contributed by atoms with Crippen LogP contribution >= 0.6 is 0 Å². The van der Waals surface area contributed by atoms with Crippen molar-refractivity contribution in [3.8, 4) is 0 Å². The van der Waals surface area contributed by atoms with E-state index in [-0.39, 0.29) is 53.9 Å². The third kappa shape index (κ3) is 8.82. The Hall–Kier alpha value is -1.14. The average molecular weight is 483 g/mol. The molecule has 0 aliphatic carbocycles. The van der Waals surface area contributed by atoms with Gasteiger partial charge in [-0.1, -0.05) is 61.8 Å². The Kier molecular flexibility index (Phi) is 12.6. The number of amides is 2. The normalized spacial score (nSPS) is 21.3. The van der Waals surface area contributed by atoms with Crippen molar-refractivity contribution < 1.29 is 19.1 Å². The molecule has 0 N–H and O–H groups in total. The lowest BCUT2D eigenvalue weighted by Gasteiger charge is -2.40. The van der Waals surface area contributed by atoms with E-state index >= 15 is 0 Å². The van der Waals surface area contributed by atoms with Gasteiger partial charge in [-0.2, -0.15) is 0 Å². The molecule has 2 amide bonds. The highest BCUT2D eigenvalue weighted by Gasteiger charge is 2.41. The van der Waals surface area contributed by atoms with Crippen molar-refractivity contribution in [2.75, 3.05) is 27.8 Å². The minimum absolute atomic E-state index is 0.0207. The van der Waals surface area contributed by atoms with Crippen LogP contribution in [-0.2, 0) is 19.1 Å². The van der Waals surface area contributed by atoms with Gasteiger partial charge in [0.1, 0.15) is 0 Å². The summed E-state index contributed by atoms with van der Waals surface area (Å²) in [4.78, 5) is 30.4. The van der Waals surface area contributed by atoms with Crippen LogP contribution < -0.4 is 0 Å². The molecule has 0 bridgehead atoms. The second-order valence-electron chi connectivity index (χ2n) is 12.2. The summed E-state index contributed by atoms with van der Waals surface area (Å²) in [6, 6.07) is -0.0426. The Morgan fingerprint density at radius 1 is 1.03 bits per heavy atom. The predicted molar refractivity (Wildman–Crippen MR) is 140 cm³/mol. The molecule has 6 heteroatoms. The molecule has 1 saturated heterocycles. The Morgan fingerprint density at radius 3 is 2.12 bits per heavy atom. The fourth-order valence-corrected chi connectivity index (χ4v) is 5.83. The topological polar surface area (TPSA) is 59.1 Å². The number of carbonyl (C=O) groups excluding carboxylic acids is 2. The molecule has 1 aliphatic heterocycles. The number of hydrogen-bond acceptors (Lipinski definition) is 4. The second kappa shape index (κ2) is 13.8. The molecule has 0 aromatic heterocycles. The molecule has 34 heavy (non-hydrogen) atoms. The molecule has 0 radical (unpaired) electrons. The van der Waals surface area contributed by atoms with Gasteiger partial charge in [-0.3, -0.25) is 9.59 Å². The quantitative estimate of drug-likeness (QED) is 0.353. The molecule has 6 nitrogen and oxygen atoms in total. The first-order chi connectivity index (χ1) is 15.8. The molecule has 6 atom stereocenters. The lowest BCUT2D eigenvalue weighted by molar-refractivity contribution is -0.145. The summed E-state index contributed by atoms with van der Waals surface area (Å²) in [6.45, 7) is 18.2. The number of likely N-dealkylation sites (tertiary alicyclic amines) is 1. The summed E-state index contributed by atoms with van der Waals surface area (Å²) in [5, 5.41) is 0. The zero-order valence-corrected chi connectivity index (χ0v) is 24.0. The van der Waals surface area contributed by atoms with E-state index in [9.17, 15) is 9.59 Å². The van der Waals surface area contributed by atoms with Gasteiger partial charge < -0.3 is 19.3 Å². The fourth-order valence-electron chi connectivity index (χ4n) is 5.83. The molecule has 1 aliphatic rings. The molecule has 6 unspecified atom stereocenters. The van der Waals surface area contributed by atoms with Crippen molar-refractivity contribution in [1.29, 1.82) is 0 Å². The standard InChI is InChI=1S/C28H54N2O4/c1-12-20(4)26(29(9)24(31)16-19(2)3)23(33-10)17-25(32)30-15-13-14-22(30)27(34-11)21(5)18-28(6,7)8/h19-23,26-27H,12-18H2,1-11H3. The van der Waals surface area contributed by atoms with Crippen LogP contribution in [0.5, 0.6) is 0 Å². The fraction of sp³-hybridized carbons (Fsp3) is 0.929. The van der Waals surface area contributed by atoms with Gasteiger partial charge in [-0.05, 0) is 42.4 Å². The second-order valence-corrected chi connectivity index (χ2v) is 12.2. The van der Waals surface area contributed by atoms with E-state index in [1.807, 2.05) is 16.8 Å². The first kappa shape index (κ1) is 30.9. The van der Waals surface area contributed by atoms with Gasteiger partial charge in [0.15, 0.2) is 0 Å². The molecule has 0 saturated carbocycles. The minimum atomic E-state index is -0.335. The lowest BCUT2D eigenvalue weighted by Crippen LogP contribution is -2.52. The van der Waals surface area contributed by atoms with Gasteiger partial charge in [0, 0.05) is 34.2 Å². The Labute approximate surface area is 210 Å². The van der Waals surface area contributed by atoms with Crippen LogP contribution in [0.4, 0.5) is 0 Å². The zero-order valence-electron chi connectivity index (χ0n) is 24.0. The highest BCUT2D eigenvalue weighted by atomic mass is 16.5. The first-order valence-corrected chi connectivity index (χ1v) is 13.4. The van der Waals surface area contributed by atoms with E-state index in [4.69, 9.17) is 9.47 Å². The summed E-state index contributed by atoms with van der Waals surface area (Å²) < 4.78 is 11.9. The number of nitrogens with zero attached hydrogens (tertiary/aromatic N) is 2. The monoisotopic (exact) mass is 482 g/mol. The summed E-state index contributed by atoms with van der Waals surface area (Å²) in [6.07, 6.45) is 4.40. The van der Waals surface area contributed by atoms with Crippen LogP contribution in [0.2, 0.25) is 0 Å². The molecule has 200 valence electrons. The smallest absolute Gasteiger partial charge is 0.225 e. The van der Waals surface area contributed by atoms with Crippen molar-refractivity contribution in [3.63, 3.8) is 0 Å². The van der Waals surface area contributed by atoms with Crippen molar-refractivity contribution in [3.05, 3.63) is 0 Å². The van der Waals surface area contributed by atoms with E-state index in [2.05, 4.69) is 55.4 Å². The van der Waals surface area contributed by atoms with Crippen LogP contribution in [0.15, 0.2) is 0 Å². The minimum Gasteiger partial charge on any atom is -0.379 e. The molecule has 1 heterocycles. The zero-order chi connectivity index (χ0) is 26.2. The first-order valence-electron chi connectivity index (χ1n) is 13.4. The van der Waals surface area contributed by atoms with Gasteiger partial charge in [0.2, 0.25) is 11.8 Å². The molecular formula is C28H54N2O4. The van der Waals surface area contributed by atoms with Gasteiger partial charge in [-0.25, -0.2) is 0 Å². The molecular weight excluding hydrogens is 428 g/mol. The van der Waals surface area contributed by atoms with Gasteiger partial charge in [-0.15, -0.1) is 0 Å². The van der Waals surface area contributed by atoms with Crippen molar-refractivity contribution >= 4 is 11.8 Å². The third-order valence-corrected chi connectivity index (χ3v) is 7.48. The maximum atomic E-state index is 13.6. The number of rotatable bonds is 13. The SMILES string of the molecule is CCC(C)C(C(CC(=O)N1CCCC1C(OC)C(C)CC(C)(C)C)OC)N(C)C(=O)CC(C)C. The number of methoxy groups -OCH3 is 2. The lowest BCUT2D eigenvalue weighted by atomic mass is 9.81. The van der Waals surface area contributed by atoms with E-state index in [0.717, 1.165) is 32.2 Å². The number of carbonyl (C=O) groups is 2. The van der Waals surface area contributed by atoms with Crippen molar-refractivity contribution in [2.45, 2.75) is 118 Å². The number of ether oxygens (including phenoxy) is 2. The summed E-state index contributed by atoms with van der Waals surface area (Å²) >= 11 is 0. The number of hydrogen-bond donors (Lipinski definition) is 0. The van der Waals surface area contributed by atoms with Crippen molar-refractivity contribution in [2.24, 2.45) is 23.2 Å². The van der Waals surface area contributed by atoms with E-state index in [1.54, 1.807) is 14.2 Å². The molecule has 1 fully saturated rings. The highest BCUT2D eigenvalue weighted by molar-refractivity contribution is 5.78. The van der Waals surface area contributed by atoms with E-state index in [1.165, 1.54) is 0 Å². The Balaban J connectivity index is 3.05. The van der Waals surface area contributed by atoms with Crippen LogP contribution in [-0.4, -0.2) is 73.7 Å². The number of likely N-dealkylation sites (N-methyl/N-ethyl adjacent to an activating group) is 1. The average Bonchev–Trinajstić information content (AvgIpc) is 3.20. The molecule has 0 aromatic carbocycles. The molecule has 0 aromatic rings. The van der Waals surface area contributed by atoms with Crippen molar-refractivity contribution in [1.82, 2.24) is 9.80 Å². The summed E-state index contributed by atoms with van der Waals surface area (Å²) in [7, 11) is 5.31. The van der Waals surface area contributed by atoms with Crippen LogP contribution in [0.25, 0.3) is 0 Å². The Morgan fingerprint density at radius 2 is 1.65 bits per heavy atom. The van der Waals surface area contributed by atoms with Gasteiger partial charge >= 0.3 is 0 Å². The molecule has 0 spiro atoms. The van der Waals surface area contributed by atoms with E-state index < -0.39 is 0 Å². The maximum absolute atomic E-state index is 13.6. The third-order valence-electron chi connectivity index (χ3n) is 7.48. The molecule has 1 rings (SSSR count). The highest BCUT2D eigenvalue weighted by Crippen LogP contribution is 2.33. The van der Waals surface area contributed by atoms with Gasteiger partial charge in [0.05, 0.1) is 30.7 Å². The summed E-state index contributed by atoms with van der Waals surface area (Å²) in [5.41, 5.74) is 0.210. The predicted octanol–water partition coefficient (Wildman–Crippen LogP) is 5.39. The Bertz CT molecular complexity index is 630. The van der Waals surface area contributed by atoms with Crippen LogP contribution in [0, 0.1) is 23.2 Å². The summed E-state index contributed by atoms with van der Waals surface area (Å²) in [5.74, 6) is 1.10. The van der Waals surface area contributed by atoms with E-state index in [0.29, 0.717) is 18.3 Å². The van der Waals surface area contributed by atoms with Gasteiger partial charge in [0.25, 0.3) is 0 Å². The van der Waals surface area contributed by atoms with Crippen LogP contribution in [0.3, 0.4) is 0 Å². The largest absolute Gasteiger partial charge is 0.379 e. The maximum Gasteiger partial charge on any atom is 0.225 e. The van der Waals surface area contributed by atoms with Crippen LogP contribution in [0.1, 0.15) is 93.9 Å².